The Hall–Kier alpha value is -2.55. The van der Waals surface area contributed by atoms with Crippen molar-refractivity contribution in [3.05, 3.63) is 69.0 Å². The molecule has 3 aromatic rings. The number of anilines is 1. The third-order valence-corrected chi connectivity index (χ3v) is 6.68. The highest BCUT2D eigenvalue weighted by molar-refractivity contribution is 7.99. The molecule has 10 heteroatoms. The van der Waals surface area contributed by atoms with Gasteiger partial charge < -0.3 is 15.2 Å². The van der Waals surface area contributed by atoms with Crippen LogP contribution in [0.15, 0.2) is 41.6 Å². The van der Waals surface area contributed by atoms with Crippen molar-refractivity contribution in [3.8, 4) is 0 Å². The quantitative estimate of drug-likeness (QED) is 0.410. The number of nitrogens with zero attached hydrogens (tertiary/aromatic N) is 3. The lowest BCUT2D eigenvalue weighted by molar-refractivity contribution is -0.113. The van der Waals surface area contributed by atoms with E-state index >= 15 is 0 Å². The number of aryl methyl sites for hydroxylation is 2. The molecule has 1 atom stereocenters. The highest BCUT2D eigenvalue weighted by Gasteiger charge is 2.20. The average Bonchev–Trinajstić information content (AvgIpc) is 3.14. The smallest absolute Gasteiger partial charge is 0.253 e. The van der Waals surface area contributed by atoms with Crippen molar-refractivity contribution >= 4 is 52.5 Å². The largest absolute Gasteiger partial charge is 0.342 e. The van der Waals surface area contributed by atoms with Gasteiger partial charge in [0.2, 0.25) is 5.91 Å². The molecule has 0 saturated carbocycles. The van der Waals surface area contributed by atoms with E-state index in [1.807, 2.05) is 25.1 Å². The van der Waals surface area contributed by atoms with Gasteiger partial charge >= 0.3 is 0 Å². The van der Waals surface area contributed by atoms with Crippen molar-refractivity contribution in [1.82, 2.24) is 20.1 Å². The number of thioether (sulfide) groups is 1. The lowest BCUT2D eigenvalue weighted by Gasteiger charge is -2.14. The second kappa shape index (κ2) is 11.0. The van der Waals surface area contributed by atoms with Gasteiger partial charge in [-0.1, -0.05) is 60.1 Å². The van der Waals surface area contributed by atoms with Crippen LogP contribution in [0.25, 0.3) is 0 Å². The summed E-state index contributed by atoms with van der Waals surface area (Å²) >= 11 is 13.3. The molecular weight excluding hydrogens is 481 g/mol. The van der Waals surface area contributed by atoms with Gasteiger partial charge in [0.05, 0.1) is 22.4 Å². The zero-order valence-electron chi connectivity index (χ0n) is 18.8. The Kier molecular flexibility index (Phi) is 8.40. The molecule has 33 heavy (non-hydrogen) atoms. The first-order valence-corrected chi connectivity index (χ1v) is 12.1. The first-order chi connectivity index (χ1) is 15.7. The highest BCUT2D eigenvalue weighted by Crippen LogP contribution is 2.24. The first kappa shape index (κ1) is 25.1. The van der Waals surface area contributed by atoms with Crippen LogP contribution >= 0.6 is 35.0 Å². The number of halogens is 2. The first-order valence-electron chi connectivity index (χ1n) is 10.4. The van der Waals surface area contributed by atoms with Crippen LogP contribution in [-0.2, 0) is 18.3 Å². The predicted octanol–water partition coefficient (Wildman–Crippen LogP) is 5.21. The molecule has 0 radical (unpaired) electrons. The van der Waals surface area contributed by atoms with E-state index in [9.17, 15) is 9.59 Å². The van der Waals surface area contributed by atoms with E-state index < -0.39 is 6.04 Å². The Morgan fingerprint density at radius 2 is 1.94 bits per heavy atom. The van der Waals surface area contributed by atoms with Gasteiger partial charge in [-0.25, -0.2) is 0 Å². The third kappa shape index (κ3) is 6.07. The molecule has 1 heterocycles. The summed E-state index contributed by atoms with van der Waals surface area (Å²) in [6, 6.07) is 10.2. The minimum Gasteiger partial charge on any atom is -0.342 e. The number of benzene rings is 2. The Morgan fingerprint density at radius 1 is 1.18 bits per heavy atom. The maximum Gasteiger partial charge on any atom is 0.253 e. The number of amides is 2. The van der Waals surface area contributed by atoms with Crippen molar-refractivity contribution in [3.63, 3.8) is 0 Å². The van der Waals surface area contributed by atoms with Crippen LogP contribution in [0.3, 0.4) is 0 Å². The Balaban J connectivity index is 1.62. The van der Waals surface area contributed by atoms with Crippen molar-refractivity contribution < 1.29 is 9.59 Å². The lowest BCUT2D eigenvalue weighted by atomic mass is 10.1. The fourth-order valence-corrected chi connectivity index (χ4v) is 4.56. The van der Waals surface area contributed by atoms with E-state index in [0.717, 1.165) is 23.2 Å². The van der Waals surface area contributed by atoms with Crippen molar-refractivity contribution in [2.45, 2.75) is 38.4 Å². The van der Waals surface area contributed by atoms with Crippen LogP contribution < -0.4 is 10.6 Å². The van der Waals surface area contributed by atoms with E-state index in [4.69, 9.17) is 23.2 Å². The molecule has 1 aromatic heterocycles. The molecule has 174 valence electrons. The van der Waals surface area contributed by atoms with Gasteiger partial charge in [0.15, 0.2) is 11.0 Å². The molecule has 7 nitrogen and oxygen atoms in total. The molecule has 2 aromatic carbocycles. The van der Waals surface area contributed by atoms with E-state index in [2.05, 4.69) is 27.8 Å². The fourth-order valence-electron chi connectivity index (χ4n) is 3.35. The van der Waals surface area contributed by atoms with E-state index in [-0.39, 0.29) is 22.6 Å². The van der Waals surface area contributed by atoms with Gasteiger partial charge in [-0.3, -0.25) is 9.59 Å². The maximum atomic E-state index is 12.6. The third-order valence-electron chi connectivity index (χ3n) is 5.12. The minimum absolute atomic E-state index is 0.118. The van der Waals surface area contributed by atoms with Crippen LogP contribution in [0.2, 0.25) is 10.0 Å². The Labute approximate surface area is 207 Å². The summed E-state index contributed by atoms with van der Waals surface area (Å²) in [5.74, 6) is 0.284. The number of para-hydroxylation sites is 1. The second-order valence-electron chi connectivity index (χ2n) is 7.52. The van der Waals surface area contributed by atoms with Gasteiger partial charge in [-0.05, 0) is 49.6 Å². The highest BCUT2D eigenvalue weighted by atomic mass is 35.5. The van der Waals surface area contributed by atoms with E-state index in [1.165, 1.54) is 17.8 Å². The molecule has 0 unspecified atom stereocenters. The Bertz CT molecular complexity index is 1180. The number of carbonyl (C=O) groups is 2. The fraction of sp³-hybridized carbons (Fsp3) is 0.304. The summed E-state index contributed by atoms with van der Waals surface area (Å²) in [5, 5.41) is 15.5. The minimum atomic E-state index is -0.427. The van der Waals surface area contributed by atoms with Crippen LogP contribution in [0.1, 0.15) is 47.2 Å². The van der Waals surface area contributed by atoms with Gasteiger partial charge in [0.25, 0.3) is 5.91 Å². The number of carbonyl (C=O) groups excluding carboxylic acids is 2. The molecule has 0 fully saturated rings. The summed E-state index contributed by atoms with van der Waals surface area (Å²) in [7, 11) is 1.80. The maximum absolute atomic E-state index is 12.6. The molecule has 2 N–H and O–H groups in total. The van der Waals surface area contributed by atoms with E-state index in [1.54, 1.807) is 30.7 Å². The summed E-state index contributed by atoms with van der Waals surface area (Å²) in [4.78, 5) is 25.1. The zero-order chi connectivity index (χ0) is 24.1. The second-order valence-corrected chi connectivity index (χ2v) is 9.30. The SMILES string of the molecule is CCc1cccc(C)c1NC(=O)CSc1nnc([C@H](C)NC(=O)c2ccc(Cl)cc2Cl)n1C. The van der Waals surface area contributed by atoms with Crippen molar-refractivity contribution in [2.24, 2.45) is 7.05 Å². The number of hydrogen-bond donors (Lipinski definition) is 2. The normalized spacial score (nSPS) is 11.8. The molecule has 0 aliphatic heterocycles. The van der Waals surface area contributed by atoms with Crippen molar-refractivity contribution in [2.75, 3.05) is 11.1 Å². The van der Waals surface area contributed by atoms with Crippen LogP contribution in [0.5, 0.6) is 0 Å². The molecule has 3 rings (SSSR count). The summed E-state index contributed by atoms with van der Waals surface area (Å²) in [6.07, 6.45) is 0.835. The number of nitrogens with one attached hydrogen (secondary N) is 2. The van der Waals surface area contributed by atoms with Crippen LogP contribution in [0.4, 0.5) is 5.69 Å². The van der Waals surface area contributed by atoms with Crippen molar-refractivity contribution in [1.29, 1.82) is 0 Å². The summed E-state index contributed by atoms with van der Waals surface area (Å²) < 4.78 is 1.76. The molecule has 0 aliphatic carbocycles. The molecule has 0 saturated heterocycles. The standard InChI is InChI=1S/C23H25Cl2N5O2S/c1-5-15-8-6-7-13(2)20(15)27-19(31)12-33-23-29-28-21(30(23)4)14(3)26-22(32)17-10-9-16(24)11-18(17)25/h6-11,14H,5,12H2,1-4H3,(H,26,32)(H,27,31)/t14-/m0/s1. The molecule has 0 aliphatic rings. The molecule has 2 amide bonds. The van der Waals surface area contributed by atoms with Crippen LogP contribution in [0, 0.1) is 6.92 Å². The molecule has 0 bridgehead atoms. The lowest BCUT2D eigenvalue weighted by Crippen LogP contribution is -2.28. The van der Waals surface area contributed by atoms with Crippen LogP contribution in [-0.4, -0.2) is 32.3 Å². The van der Waals surface area contributed by atoms with Gasteiger partial charge in [-0.15, -0.1) is 10.2 Å². The average molecular weight is 506 g/mol. The van der Waals surface area contributed by atoms with Gasteiger partial charge in [0, 0.05) is 17.8 Å². The topological polar surface area (TPSA) is 88.9 Å². The monoisotopic (exact) mass is 505 g/mol. The summed E-state index contributed by atoms with van der Waals surface area (Å²) in [6.45, 7) is 5.84. The number of rotatable bonds is 8. The predicted molar refractivity (Wildman–Crippen MR) is 133 cm³/mol. The number of aromatic nitrogens is 3. The molecule has 0 spiro atoms. The van der Waals surface area contributed by atoms with E-state index in [0.29, 0.717) is 21.6 Å². The molecular formula is C23H25Cl2N5O2S. The van der Waals surface area contributed by atoms with Gasteiger partial charge in [0.1, 0.15) is 0 Å². The zero-order valence-corrected chi connectivity index (χ0v) is 21.1. The summed E-state index contributed by atoms with van der Waals surface area (Å²) in [5.41, 5.74) is 3.31. The Morgan fingerprint density at radius 3 is 2.64 bits per heavy atom. The van der Waals surface area contributed by atoms with Gasteiger partial charge in [-0.2, -0.15) is 0 Å². The number of hydrogen-bond acceptors (Lipinski definition) is 5.